The van der Waals surface area contributed by atoms with Crippen molar-refractivity contribution in [3.8, 4) is 0 Å². The van der Waals surface area contributed by atoms with Gasteiger partial charge in [0, 0.05) is 6.04 Å². The van der Waals surface area contributed by atoms with Gasteiger partial charge in [0.2, 0.25) is 5.91 Å². The molecule has 0 bridgehead atoms. The first-order valence-electron chi connectivity index (χ1n) is 9.30. The molecule has 1 aliphatic heterocycles. The molecule has 0 spiro atoms. The molecule has 1 saturated heterocycles. The van der Waals surface area contributed by atoms with Crippen LogP contribution in [0.1, 0.15) is 47.6 Å². The van der Waals surface area contributed by atoms with E-state index in [1.807, 2.05) is 13.8 Å². The zero-order chi connectivity index (χ0) is 21.1. The molecule has 0 aliphatic carbocycles. The number of imide groups is 1. The highest BCUT2D eigenvalue weighted by Gasteiger charge is 2.46. The van der Waals surface area contributed by atoms with E-state index in [0.29, 0.717) is 17.7 Å². The number of esters is 1. The zero-order valence-corrected chi connectivity index (χ0v) is 16.5. The van der Waals surface area contributed by atoms with E-state index >= 15 is 0 Å². The summed E-state index contributed by atoms with van der Waals surface area (Å²) >= 11 is 0. The van der Waals surface area contributed by atoms with Gasteiger partial charge in [0.1, 0.15) is 6.04 Å². The second-order valence-electron chi connectivity index (χ2n) is 6.77. The van der Waals surface area contributed by atoms with Crippen molar-refractivity contribution >= 4 is 29.4 Å². The number of ether oxygens (including phenoxy) is 1. The molecule has 1 aromatic carbocycles. The van der Waals surface area contributed by atoms with E-state index in [-0.39, 0.29) is 18.2 Å². The normalized spacial score (nSPS) is 17.3. The standard InChI is InChI=1S/C21H22N2O6/c1-4-13(2)22(20(26)17-6-5-11-29-17)16-12-18(24)23(19(16)25)15-9-7-14(8-10-15)21(27)28-3/h5-11,13,16H,4,12H2,1-3H3. The number of furan rings is 1. The van der Waals surface area contributed by atoms with E-state index in [9.17, 15) is 19.2 Å². The Bertz CT molecular complexity index is 919. The van der Waals surface area contributed by atoms with Crippen LogP contribution in [-0.2, 0) is 14.3 Å². The van der Waals surface area contributed by atoms with Crippen LogP contribution in [0.2, 0.25) is 0 Å². The SMILES string of the molecule is CCC(C)N(C(=O)c1ccco1)C1CC(=O)N(c2ccc(C(=O)OC)cc2)C1=O. The maximum absolute atomic E-state index is 13.1. The number of anilines is 1. The van der Waals surface area contributed by atoms with Gasteiger partial charge in [-0.3, -0.25) is 14.4 Å². The van der Waals surface area contributed by atoms with Gasteiger partial charge in [0.05, 0.1) is 31.0 Å². The van der Waals surface area contributed by atoms with Crippen molar-refractivity contribution in [1.29, 1.82) is 0 Å². The maximum Gasteiger partial charge on any atom is 0.337 e. The summed E-state index contributed by atoms with van der Waals surface area (Å²) in [6.07, 6.45) is 1.88. The van der Waals surface area contributed by atoms with Crippen molar-refractivity contribution in [2.24, 2.45) is 0 Å². The van der Waals surface area contributed by atoms with Crippen LogP contribution >= 0.6 is 0 Å². The molecule has 0 saturated carbocycles. The average molecular weight is 398 g/mol. The lowest BCUT2D eigenvalue weighted by molar-refractivity contribution is -0.123. The number of rotatable bonds is 6. The molecule has 0 N–H and O–H groups in total. The smallest absolute Gasteiger partial charge is 0.337 e. The Hall–Kier alpha value is -3.42. The van der Waals surface area contributed by atoms with E-state index < -0.39 is 29.7 Å². The fourth-order valence-corrected chi connectivity index (χ4v) is 3.34. The Morgan fingerprint density at radius 3 is 2.48 bits per heavy atom. The van der Waals surface area contributed by atoms with E-state index in [4.69, 9.17) is 4.42 Å². The minimum absolute atomic E-state index is 0.117. The summed E-state index contributed by atoms with van der Waals surface area (Å²) in [5, 5.41) is 0. The fourth-order valence-electron chi connectivity index (χ4n) is 3.34. The van der Waals surface area contributed by atoms with E-state index in [0.717, 1.165) is 4.90 Å². The van der Waals surface area contributed by atoms with E-state index in [1.54, 1.807) is 6.07 Å². The van der Waals surface area contributed by atoms with Crippen molar-refractivity contribution in [3.63, 3.8) is 0 Å². The third-order valence-electron chi connectivity index (χ3n) is 5.04. The Kier molecular flexibility index (Phi) is 5.81. The molecular formula is C21H22N2O6. The highest BCUT2D eigenvalue weighted by molar-refractivity contribution is 6.23. The first-order valence-corrected chi connectivity index (χ1v) is 9.30. The summed E-state index contributed by atoms with van der Waals surface area (Å²) in [5.74, 6) is -1.72. The van der Waals surface area contributed by atoms with Crippen molar-refractivity contribution in [3.05, 3.63) is 54.0 Å². The minimum atomic E-state index is -0.921. The first kappa shape index (κ1) is 20.3. The molecule has 3 amide bonds. The fraction of sp³-hybridized carbons (Fsp3) is 0.333. The molecule has 1 fully saturated rings. The Balaban J connectivity index is 1.89. The predicted molar refractivity (Wildman–Crippen MR) is 103 cm³/mol. The molecule has 8 heteroatoms. The van der Waals surface area contributed by atoms with Crippen LogP contribution in [0.3, 0.4) is 0 Å². The molecular weight excluding hydrogens is 376 g/mol. The van der Waals surface area contributed by atoms with Crippen LogP contribution < -0.4 is 4.90 Å². The molecule has 29 heavy (non-hydrogen) atoms. The number of amides is 3. The molecule has 152 valence electrons. The van der Waals surface area contributed by atoms with Crippen LogP contribution in [-0.4, -0.2) is 47.8 Å². The lowest BCUT2D eigenvalue weighted by Gasteiger charge is -2.32. The van der Waals surface area contributed by atoms with Gasteiger partial charge in [-0.1, -0.05) is 6.92 Å². The molecule has 8 nitrogen and oxygen atoms in total. The number of benzene rings is 1. The van der Waals surface area contributed by atoms with Crippen molar-refractivity contribution in [1.82, 2.24) is 4.90 Å². The molecule has 1 aromatic heterocycles. The zero-order valence-electron chi connectivity index (χ0n) is 16.5. The van der Waals surface area contributed by atoms with Crippen LogP contribution in [0.15, 0.2) is 47.1 Å². The number of hydrogen-bond donors (Lipinski definition) is 0. The van der Waals surface area contributed by atoms with Crippen LogP contribution in [0.5, 0.6) is 0 Å². The van der Waals surface area contributed by atoms with Crippen LogP contribution in [0, 0.1) is 0 Å². The summed E-state index contributed by atoms with van der Waals surface area (Å²) in [5.41, 5.74) is 0.644. The van der Waals surface area contributed by atoms with Gasteiger partial charge < -0.3 is 14.1 Å². The Morgan fingerprint density at radius 1 is 1.24 bits per heavy atom. The molecule has 2 heterocycles. The summed E-state index contributed by atoms with van der Waals surface area (Å²) < 4.78 is 9.86. The predicted octanol–water partition coefficient (Wildman–Crippen LogP) is 2.64. The molecule has 3 rings (SSSR count). The summed E-state index contributed by atoms with van der Waals surface area (Å²) in [6, 6.07) is 7.91. The van der Waals surface area contributed by atoms with Gasteiger partial charge in [0.15, 0.2) is 5.76 Å². The lowest BCUT2D eigenvalue weighted by atomic mass is 10.1. The highest BCUT2D eigenvalue weighted by atomic mass is 16.5. The van der Waals surface area contributed by atoms with Crippen LogP contribution in [0.25, 0.3) is 0 Å². The number of methoxy groups -OCH3 is 1. The quantitative estimate of drug-likeness (QED) is 0.548. The molecule has 0 radical (unpaired) electrons. The summed E-state index contributed by atoms with van der Waals surface area (Å²) in [6.45, 7) is 3.73. The topological polar surface area (TPSA) is 97.1 Å². The Labute approximate surface area is 168 Å². The summed E-state index contributed by atoms with van der Waals surface area (Å²) in [7, 11) is 1.27. The number of carbonyl (C=O) groups is 4. The van der Waals surface area contributed by atoms with Gasteiger partial charge in [-0.2, -0.15) is 0 Å². The largest absolute Gasteiger partial charge is 0.465 e. The van der Waals surface area contributed by atoms with Gasteiger partial charge in [0.25, 0.3) is 11.8 Å². The first-order chi connectivity index (χ1) is 13.9. The van der Waals surface area contributed by atoms with Crippen molar-refractivity contribution in [2.75, 3.05) is 12.0 Å². The third-order valence-corrected chi connectivity index (χ3v) is 5.04. The lowest BCUT2D eigenvalue weighted by Crippen LogP contribution is -2.49. The van der Waals surface area contributed by atoms with Crippen LogP contribution in [0.4, 0.5) is 5.69 Å². The average Bonchev–Trinajstić information content (AvgIpc) is 3.36. The van der Waals surface area contributed by atoms with Gasteiger partial charge >= 0.3 is 5.97 Å². The Morgan fingerprint density at radius 2 is 1.93 bits per heavy atom. The van der Waals surface area contributed by atoms with Gasteiger partial charge in [-0.25, -0.2) is 9.69 Å². The van der Waals surface area contributed by atoms with Crippen molar-refractivity contribution < 1.29 is 28.3 Å². The summed E-state index contributed by atoms with van der Waals surface area (Å²) in [4.78, 5) is 52.8. The maximum atomic E-state index is 13.1. The minimum Gasteiger partial charge on any atom is -0.465 e. The second kappa shape index (κ2) is 8.30. The molecule has 2 unspecified atom stereocenters. The van der Waals surface area contributed by atoms with E-state index in [2.05, 4.69) is 4.74 Å². The second-order valence-corrected chi connectivity index (χ2v) is 6.77. The highest BCUT2D eigenvalue weighted by Crippen LogP contribution is 2.29. The number of carbonyl (C=O) groups excluding carboxylic acids is 4. The van der Waals surface area contributed by atoms with E-state index in [1.165, 1.54) is 48.6 Å². The van der Waals surface area contributed by atoms with Crippen molar-refractivity contribution in [2.45, 2.75) is 38.8 Å². The molecule has 2 atom stereocenters. The third kappa shape index (κ3) is 3.78. The number of nitrogens with zero attached hydrogens (tertiary/aromatic N) is 2. The van der Waals surface area contributed by atoms with Gasteiger partial charge in [-0.15, -0.1) is 0 Å². The molecule has 2 aromatic rings. The van der Waals surface area contributed by atoms with Gasteiger partial charge in [-0.05, 0) is 49.7 Å². The molecule has 1 aliphatic rings. The number of hydrogen-bond acceptors (Lipinski definition) is 6. The monoisotopic (exact) mass is 398 g/mol.